The maximum absolute atomic E-state index is 12.2. The van der Waals surface area contributed by atoms with Gasteiger partial charge in [0.1, 0.15) is 5.75 Å². The van der Waals surface area contributed by atoms with Crippen LogP contribution in [0.2, 0.25) is 0 Å². The fraction of sp³-hybridized carbons (Fsp3) is 0.538. The number of hydrogen-bond acceptors (Lipinski definition) is 3. The van der Waals surface area contributed by atoms with Crippen molar-refractivity contribution in [3.8, 4) is 5.75 Å². The lowest BCUT2D eigenvalue weighted by Gasteiger charge is -2.30. The normalized spacial score (nSPS) is 15.1. The molecule has 0 spiro atoms. The van der Waals surface area contributed by atoms with Gasteiger partial charge < -0.3 is 9.84 Å². The Morgan fingerprint density at radius 2 is 1.79 bits per heavy atom. The monoisotopic (exact) mass is 277 g/mol. The molecule has 19 heavy (non-hydrogen) atoms. The lowest BCUT2D eigenvalue weighted by molar-refractivity contribution is -0.129. The third-order valence-electron chi connectivity index (χ3n) is 2.80. The Morgan fingerprint density at radius 3 is 2.21 bits per heavy atom. The van der Waals surface area contributed by atoms with E-state index in [1.54, 1.807) is 24.3 Å². The summed E-state index contributed by atoms with van der Waals surface area (Å²) < 4.78 is 42.0. The van der Waals surface area contributed by atoms with Crippen molar-refractivity contribution in [1.82, 2.24) is 5.32 Å². The molecule has 0 saturated heterocycles. The molecule has 1 unspecified atom stereocenters. The number of nitrogens with one attached hydrogen (secondary N) is 1. The standard InChI is InChI=1S/C13H18F3NO2/c1-3-19-11-6-4-10(5-7-11)12(2,9-18)17-8-13(14,15)16/h4-7,17-18H,3,8-9H2,1-2H3. The van der Waals surface area contributed by atoms with Gasteiger partial charge in [0, 0.05) is 0 Å². The first kappa shape index (κ1) is 15.8. The highest BCUT2D eigenvalue weighted by Gasteiger charge is 2.33. The van der Waals surface area contributed by atoms with E-state index in [1.165, 1.54) is 6.92 Å². The summed E-state index contributed by atoms with van der Waals surface area (Å²) in [5, 5.41) is 11.7. The molecule has 0 aliphatic heterocycles. The van der Waals surface area contributed by atoms with Gasteiger partial charge >= 0.3 is 6.18 Å². The van der Waals surface area contributed by atoms with E-state index in [2.05, 4.69) is 5.32 Å². The SMILES string of the molecule is CCOc1ccc(C(C)(CO)NCC(F)(F)F)cc1. The molecular formula is C13H18F3NO2. The van der Waals surface area contributed by atoms with Crippen LogP contribution in [0.5, 0.6) is 5.75 Å². The molecule has 0 aliphatic carbocycles. The Balaban J connectivity index is 2.82. The molecule has 0 heterocycles. The lowest BCUT2D eigenvalue weighted by atomic mass is 9.93. The number of hydrogen-bond donors (Lipinski definition) is 2. The molecule has 0 aromatic heterocycles. The van der Waals surface area contributed by atoms with Crippen molar-refractivity contribution >= 4 is 0 Å². The predicted octanol–water partition coefficient (Wildman–Crippen LogP) is 2.44. The van der Waals surface area contributed by atoms with Gasteiger partial charge in [-0.25, -0.2) is 0 Å². The summed E-state index contributed by atoms with van der Waals surface area (Å²) in [6, 6.07) is 6.62. The molecule has 2 N–H and O–H groups in total. The minimum atomic E-state index is -4.32. The van der Waals surface area contributed by atoms with Crippen LogP contribution in [-0.4, -0.2) is 31.0 Å². The summed E-state index contributed by atoms with van der Waals surface area (Å²) >= 11 is 0. The van der Waals surface area contributed by atoms with Gasteiger partial charge in [0.25, 0.3) is 0 Å². The molecule has 0 fully saturated rings. The van der Waals surface area contributed by atoms with Crippen molar-refractivity contribution in [1.29, 1.82) is 0 Å². The zero-order valence-corrected chi connectivity index (χ0v) is 10.9. The number of halogens is 3. The fourth-order valence-electron chi connectivity index (χ4n) is 1.63. The third-order valence-corrected chi connectivity index (χ3v) is 2.80. The minimum Gasteiger partial charge on any atom is -0.494 e. The van der Waals surface area contributed by atoms with Crippen molar-refractivity contribution in [2.75, 3.05) is 19.8 Å². The number of rotatable bonds is 6. The molecule has 3 nitrogen and oxygen atoms in total. The van der Waals surface area contributed by atoms with Crippen LogP contribution >= 0.6 is 0 Å². The third kappa shape index (κ3) is 4.72. The smallest absolute Gasteiger partial charge is 0.401 e. The molecule has 0 bridgehead atoms. The molecule has 6 heteroatoms. The van der Waals surface area contributed by atoms with E-state index in [-0.39, 0.29) is 0 Å². The van der Waals surface area contributed by atoms with E-state index < -0.39 is 24.9 Å². The average Bonchev–Trinajstić information content (AvgIpc) is 2.36. The Kier molecular flexibility index (Phi) is 5.20. The molecule has 1 rings (SSSR count). The number of alkyl halides is 3. The van der Waals surface area contributed by atoms with Gasteiger partial charge in [0.05, 0.1) is 25.3 Å². The van der Waals surface area contributed by atoms with Gasteiger partial charge in [-0.3, -0.25) is 5.32 Å². The van der Waals surface area contributed by atoms with Crippen LogP contribution in [0.15, 0.2) is 24.3 Å². The van der Waals surface area contributed by atoms with Crippen LogP contribution in [-0.2, 0) is 5.54 Å². The molecule has 0 amide bonds. The minimum absolute atomic E-state index is 0.433. The average molecular weight is 277 g/mol. The zero-order valence-electron chi connectivity index (χ0n) is 10.9. The highest BCUT2D eigenvalue weighted by Crippen LogP contribution is 2.24. The number of aliphatic hydroxyl groups is 1. The van der Waals surface area contributed by atoms with Gasteiger partial charge in [-0.1, -0.05) is 12.1 Å². The van der Waals surface area contributed by atoms with E-state index >= 15 is 0 Å². The summed E-state index contributed by atoms with van der Waals surface area (Å²) in [5.74, 6) is 0.641. The Labute approximate surface area is 110 Å². The molecular weight excluding hydrogens is 259 g/mol. The second-order valence-electron chi connectivity index (χ2n) is 4.42. The molecule has 108 valence electrons. The first-order valence-electron chi connectivity index (χ1n) is 5.97. The molecule has 1 atom stereocenters. The molecule has 0 saturated carbocycles. The largest absolute Gasteiger partial charge is 0.494 e. The van der Waals surface area contributed by atoms with E-state index in [0.717, 1.165) is 0 Å². The molecule has 0 radical (unpaired) electrons. The number of benzene rings is 1. The van der Waals surface area contributed by atoms with Crippen LogP contribution < -0.4 is 10.1 Å². The summed E-state index contributed by atoms with van der Waals surface area (Å²) in [5.41, 5.74) is -0.567. The number of aliphatic hydroxyl groups excluding tert-OH is 1. The van der Waals surface area contributed by atoms with Gasteiger partial charge in [-0.05, 0) is 31.5 Å². The van der Waals surface area contributed by atoms with Crippen LogP contribution in [0.3, 0.4) is 0 Å². The summed E-state index contributed by atoms with van der Waals surface area (Å²) in [6.45, 7) is 2.29. The van der Waals surface area contributed by atoms with E-state index in [9.17, 15) is 18.3 Å². The number of ether oxygens (including phenoxy) is 1. The highest BCUT2D eigenvalue weighted by atomic mass is 19.4. The predicted molar refractivity (Wildman–Crippen MR) is 66.1 cm³/mol. The Hall–Kier alpha value is -1.27. The molecule has 0 aliphatic rings. The van der Waals surface area contributed by atoms with Gasteiger partial charge in [-0.15, -0.1) is 0 Å². The zero-order chi connectivity index (χ0) is 14.5. The van der Waals surface area contributed by atoms with Crippen LogP contribution in [0.1, 0.15) is 19.4 Å². The van der Waals surface area contributed by atoms with Gasteiger partial charge in [0.2, 0.25) is 0 Å². The lowest BCUT2D eigenvalue weighted by Crippen LogP contribution is -2.47. The maximum atomic E-state index is 12.2. The van der Waals surface area contributed by atoms with Crippen molar-refractivity contribution in [2.45, 2.75) is 25.6 Å². The molecule has 1 aromatic rings. The van der Waals surface area contributed by atoms with Crippen molar-refractivity contribution < 1.29 is 23.0 Å². The van der Waals surface area contributed by atoms with Crippen LogP contribution in [0.25, 0.3) is 0 Å². The maximum Gasteiger partial charge on any atom is 0.401 e. The second kappa shape index (κ2) is 6.25. The Morgan fingerprint density at radius 1 is 1.21 bits per heavy atom. The fourth-order valence-corrected chi connectivity index (χ4v) is 1.63. The van der Waals surface area contributed by atoms with Crippen LogP contribution in [0.4, 0.5) is 13.2 Å². The summed E-state index contributed by atoms with van der Waals surface area (Å²) in [6.07, 6.45) is -4.32. The van der Waals surface area contributed by atoms with E-state index in [0.29, 0.717) is 17.9 Å². The molecule has 1 aromatic carbocycles. The first-order valence-corrected chi connectivity index (χ1v) is 5.97. The quantitative estimate of drug-likeness (QED) is 0.839. The second-order valence-corrected chi connectivity index (χ2v) is 4.42. The summed E-state index contributed by atoms with van der Waals surface area (Å²) in [4.78, 5) is 0. The van der Waals surface area contributed by atoms with Crippen molar-refractivity contribution in [3.05, 3.63) is 29.8 Å². The topological polar surface area (TPSA) is 41.5 Å². The van der Waals surface area contributed by atoms with Gasteiger partial charge in [-0.2, -0.15) is 13.2 Å². The summed E-state index contributed by atoms with van der Waals surface area (Å²) in [7, 11) is 0. The van der Waals surface area contributed by atoms with Crippen LogP contribution in [0, 0.1) is 0 Å². The van der Waals surface area contributed by atoms with E-state index in [4.69, 9.17) is 4.74 Å². The highest BCUT2D eigenvalue weighted by molar-refractivity contribution is 5.31. The van der Waals surface area contributed by atoms with Gasteiger partial charge in [0.15, 0.2) is 0 Å². The first-order chi connectivity index (χ1) is 8.80. The Bertz CT molecular complexity index is 392. The van der Waals surface area contributed by atoms with E-state index in [1.807, 2.05) is 6.92 Å². The van der Waals surface area contributed by atoms with Crippen molar-refractivity contribution in [3.63, 3.8) is 0 Å². The van der Waals surface area contributed by atoms with Crippen molar-refractivity contribution in [2.24, 2.45) is 0 Å².